The molecular formula is C46H38. The van der Waals surface area contributed by atoms with Crippen LogP contribution in [0.15, 0.2) is 158 Å². The van der Waals surface area contributed by atoms with Crippen LogP contribution in [0, 0.1) is 27.7 Å². The van der Waals surface area contributed by atoms with Crippen LogP contribution in [-0.2, 0) is 0 Å². The van der Waals surface area contributed by atoms with Crippen LogP contribution in [0.4, 0.5) is 0 Å². The Balaban J connectivity index is 1.39. The van der Waals surface area contributed by atoms with Crippen molar-refractivity contribution >= 4 is 0 Å². The van der Waals surface area contributed by atoms with Gasteiger partial charge in [-0.15, -0.1) is 0 Å². The number of hydrogen-bond donors (Lipinski definition) is 0. The largest absolute Gasteiger partial charge is 0.0622 e. The Morgan fingerprint density at radius 2 is 0.522 bits per heavy atom. The Hall–Kier alpha value is -5.46. The molecule has 0 aliphatic heterocycles. The first-order chi connectivity index (χ1) is 22.4. The minimum absolute atomic E-state index is 1.21. The van der Waals surface area contributed by atoms with E-state index < -0.39 is 0 Å². The summed E-state index contributed by atoms with van der Waals surface area (Å²) < 4.78 is 0. The van der Waals surface area contributed by atoms with E-state index in [-0.39, 0.29) is 0 Å². The van der Waals surface area contributed by atoms with Crippen LogP contribution >= 0.6 is 0 Å². The van der Waals surface area contributed by atoms with E-state index in [1.807, 2.05) is 0 Å². The fourth-order valence-corrected chi connectivity index (χ4v) is 6.72. The van der Waals surface area contributed by atoms with Crippen LogP contribution in [0.2, 0.25) is 0 Å². The molecule has 46 heavy (non-hydrogen) atoms. The maximum Gasteiger partial charge on any atom is -0.00988 e. The molecule has 0 aliphatic carbocycles. The molecule has 0 spiro atoms. The molecule has 222 valence electrons. The second-order valence-corrected chi connectivity index (χ2v) is 12.5. The summed E-state index contributed by atoms with van der Waals surface area (Å²) in [7, 11) is 0. The SMILES string of the molecule is Cc1ccc(-c2ccc(-c3cc(-c4ccccc4)c(-c4ccc(-c5ccc(C)cc5C)cc4)cc3-c3ccccc3)cc2)c(C)c1. The Kier molecular flexibility index (Phi) is 7.95. The van der Waals surface area contributed by atoms with Gasteiger partial charge in [-0.05, 0) is 118 Å². The summed E-state index contributed by atoms with van der Waals surface area (Å²) in [5.41, 5.74) is 20.0. The van der Waals surface area contributed by atoms with Crippen molar-refractivity contribution in [3.05, 3.63) is 180 Å². The van der Waals surface area contributed by atoms with E-state index in [2.05, 4.69) is 185 Å². The van der Waals surface area contributed by atoms with E-state index in [0.717, 1.165) is 0 Å². The first-order valence-electron chi connectivity index (χ1n) is 16.1. The smallest absolute Gasteiger partial charge is 0.00988 e. The molecule has 0 amide bonds. The molecule has 0 bridgehead atoms. The van der Waals surface area contributed by atoms with Crippen molar-refractivity contribution in [2.45, 2.75) is 27.7 Å². The predicted octanol–water partition coefficient (Wildman–Crippen LogP) is 12.9. The third-order valence-electron chi connectivity index (χ3n) is 9.10. The monoisotopic (exact) mass is 590 g/mol. The highest BCUT2D eigenvalue weighted by molar-refractivity contribution is 5.95. The van der Waals surface area contributed by atoms with Gasteiger partial charge in [0.2, 0.25) is 0 Å². The molecule has 0 nitrogen and oxygen atoms in total. The molecule has 0 radical (unpaired) electrons. The lowest BCUT2D eigenvalue weighted by molar-refractivity contribution is 1.38. The number of rotatable bonds is 6. The van der Waals surface area contributed by atoms with Gasteiger partial charge >= 0.3 is 0 Å². The maximum atomic E-state index is 2.40. The fraction of sp³-hybridized carbons (Fsp3) is 0.0870. The lowest BCUT2D eigenvalue weighted by Gasteiger charge is -2.19. The van der Waals surface area contributed by atoms with Crippen molar-refractivity contribution in [3.63, 3.8) is 0 Å². The molecule has 7 aromatic rings. The molecule has 0 N–H and O–H groups in total. The van der Waals surface area contributed by atoms with E-state index in [0.29, 0.717) is 0 Å². The van der Waals surface area contributed by atoms with Crippen LogP contribution in [0.25, 0.3) is 66.8 Å². The summed E-state index contributed by atoms with van der Waals surface area (Å²) >= 11 is 0. The Bertz CT molecular complexity index is 1970. The highest BCUT2D eigenvalue weighted by Gasteiger charge is 2.17. The van der Waals surface area contributed by atoms with Gasteiger partial charge in [0.15, 0.2) is 0 Å². The molecule has 0 aliphatic rings. The standard InChI is InChI=1S/C46H38/c1-31-15-25-41(33(3)27-31)37-17-21-39(22-18-37)45-29-44(36-13-9-6-10-14-36)46(30-43(45)35-11-7-5-8-12-35)40-23-19-38(20-24-40)42-26-16-32(2)28-34(42)4/h5-30H,1-4H3. The topological polar surface area (TPSA) is 0 Å². The number of hydrogen-bond acceptors (Lipinski definition) is 0. The average Bonchev–Trinajstić information content (AvgIpc) is 3.09. The van der Waals surface area contributed by atoms with E-state index in [4.69, 9.17) is 0 Å². The molecule has 0 atom stereocenters. The minimum atomic E-state index is 1.21. The van der Waals surface area contributed by atoms with Crippen molar-refractivity contribution in [3.8, 4) is 66.8 Å². The summed E-state index contributed by atoms with van der Waals surface area (Å²) in [4.78, 5) is 0. The molecular weight excluding hydrogens is 553 g/mol. The Morgan fingerprint density at radius 1 is 0.239 bits per heavy atom. The lowest BCUT2D eigenvalue weighted by atomic mass is 9.85. The molecule has 0 saturated heterocycles. The second-order valence-electron chi connectivity index (χ2n) is 12.5. The molecule has 7 aromatic carbocycles. The number of aryl methyl sites for hydroxylation is 4. The van der Waals surface area contributed by atoms with Crippen molar-refractivity contribution in [2.24, 2.45) is 0 Å². The van der Waals surface area contributed by atoms with Crippen LogP contribution < -0.4 is 0 Å². The summed E-state index contributed by atoms with van der Waals surface area (Å²) in [5, 5.41) is 0. The van der Waals surface area contributed by atoms with Crippen LogP contribution in [0.1, 0.15) is 22.3 Å². The normalized spacial score (nSPS) is 11.0. The van der Waals surface area contributed by atoms with Gasteiger partial charge in [0.1, 0.15) is 0 Å². The lowest BCUT2D eigenvalue weighted by Crippen LogP contribution is -1.93. The molecule has 0 heterocycles. The molecule has 0 aromatic heterocycles. The van der Waals surface area contributed by atoms with Gasteiger partial charge in [-0.2, -0.15) is 0 Å². The van der Waals surface area contributed by atoms with Crippen LogP contribution in [0.5, 0.6) is 0 Å². The van der Waals surface area contributed by atoms with Gasteiger partial charge in [0.25, 0.3) is 0 Å². The predicted molar refractivity (Wildman–Crippen MR) is 198 cm³/mol. The van der Waals surface area contributed by atoms with Gasteiger partial charge in [-0.25, -0.2) is 0 Å². The second kappa shape index (κ2) is 12.5. The zero-order valence-corrected chi connectivity index (χ0v) is 27.0. The quantitative estimate of drug-likeness (QED) is 0.181. The van der Waals surface area contributed by atoms with Crippen molar-refractivity contribution in [1.82, 2.24) is 0 Å². The van der Waals surface area contributed by atoms with Crippen LogP contribution in [-0.4, -0.2) is 0 Å². The third-order valence-corrected chi connectivity index (χ3v) is 9.10. The third kappa shape index (κ3) is 5.83. The van der Waals surface area contributed by atoms with Gasteiger partial charge in [-0.3, -0.25) is 0 Å². The zero-order valence-electron chi connectivity index (χ0n) is 27.0. The minimum Gasteiger partial charge on any atom is -0.0622 e. The summed E-state index contributed by atoms with van der Waals surface area (Å²) in [6.45, 7) is 8.70. The highest BCUT2D eigenvalue weighted by Crippen LogP contribution is 2.43. The molecule has 0 unspecified atom stereocenters. The first kappa shape index (κ1) is 29.3. The van der Waals surface area contributed by atoms with Crippen molar-refractivity contribution < 1.29 is 0 Å². The van der Waals surface area contributed by atoms with E-state index in [9.17, 15) is 0 Å². The Morgan fingerprint density at radius 3 is 0.826 bits per heavy atom. The van der Waals surface area contributed by atoms with Crippen molar-refractivity contribution in [2.75, 3.05) is 0 Å². The molecule has 0 heteroatoms. The average molecular weight is 591 g/mol. The highest BCUT2D eigenvalue weighted by atomic mass is 14.2. The van der Waals surface area contributed by atoms with Crippen molar-refractivity contribution in [1.29, 1.82) is 0 Å². The number of benzene rings is 7. The van der Waals surface area contributed by atoms with Gasteiger partial charge in [-0.1, -0.05) is 157 Å². The maximum absolute atomic E-state index is 2.40. The van der Waals surface area contributed by atoms with E-state index in [1.165, 1.54) is 89.0 Å². The molecule has 7 rings (SSSR count). The van der Waals surface area contributed by atoms with E-state index in [1.54, 1.807) is 0 Å². The van der Waals surface area contributed by atoms with Crippen LogP contribution in [0.3, 0.4) is 0 Å². The summed E-state index contributed by atoms with van der Waals surface area (Å²) in [5.74, 6) is 0. The van der Waals surface area contributed by atoms with E-state index >= 15 is 0 Å². The molecule has 0 saturated carbocycles. The van der Waals surface area contributed by atoms with Gasteiger partial charge < -0.3 is 0 Å². The van der Waals surface area contributed by atoms with Gasteiger partial charge in [0.05, 0.1) is 0 Å². The Labute approximate surface area is 273 Å². The molecule has 0 fully saturated rings. The summed E-state index contributed by atoms with van der Waals surface area (Å²) in [6, 6.07) is 58.0. The zero-order chi connectivity index (χ0) is 31.6. The summed E-state index contributed by atoms with van der Waals surface area (Å²) in [6.07, 6.45) is 0. The van der Waals surface area contributed by atoms with Gasteiger partial charge in [0, 0.05) is 0 Å². The fourth-order valence-electron chi connectivity index (χ4n) is 6.72. The first-order valence-corrected chi connectivity index (χ1v) is 16.1.